The average Bonchev–Trinajstić information content (AvgIpc) is 2.73. The predicted molar refractivity (Wildman–Crippen MR) is 111 cm³/mol. The molecule has 0 saturated heterocycles. The minimum absolute atomic E-state index is 0.694. The third kappa shape index (κ3) is 2.92. The lowest BCUT2D eigenvalue weighted by molar-refractivity contribution is 1.26. The molecule has 0 aliphatic heterocycles. The van der Waals surface area contributed by atoms with Crippen LogP contribution in [0.5, 0.6) is 0 Å². The van der Waals surface area contributed by atoms with Gasteiger partial charge < -0.3 is 0 Å². The summed E-state index contributed by atoms with van der Waals surface area (Å²) in [5, 5.41) is 1.71. The summed E-state index contributed by atoms with van der Waals surface area (Å²) in [6.45, 7) is 0. The number of benzene rings is 3. The van der Waals surface area contributed by atoms with Crippen LogP contribution in [0.4, 0.5) is 0 Å². The molecule has 3 aromatic carbocycles. The van der Waals surface area contributed by atoms with E-state index in [2.05, 4.69) is 23.2 Å². The number of halogens is 1. The summed E-state index contributed by atoms with van der Waals surface area (Å²) >= 11 is 6.25. The van der Waals surface area contributed by atoms with E-state index in [1.165, 1.54) is 0 Å². The van der Waals surface area contributed by atoms with Crippen LogP contribution in [0.2, 0.25) is 5.02 Å². The van der Waals surface area contributed by atoms with Gasteiger partial charge in [-0.25, -0.2) is 9.97 Å². The molecule has 2 aromatic heterocycles. The highest BCUT2D eigenvalue weighted by Crippen LogP contribution is 2.33. The van der Waals surface area contributed by atoms with Gasteiger partial charge in [0.25, 0.3) is 0 Å². The van der Waals surface area contributed by atoms with Gasteiger partial charge in [0, 0.05) is 10.4 Å². The molecule has 0 N–H and O–H groups in total. The number of hydrogen-bond donors (Lipinski definition) is 0. The normalized spacial score (nSPS) is 11.1. The first kappa shape index (κ1) is 15.9. The van der Waals surface area contributed by atoms with E-state index in [-0.39, 0.29) is 0 Å². The molecule has 0 bridgehead atoms. The van der Waals surface area contributed by atoms with Crippen LogP contribution in [0.1, 0.15) is 0 Å². The lowest BCUT2D eigenvalue weighted by Crippen LogP contribution is -1.93. The molecule has 0 aliphatic carbocycles. The van der Waals surface area contributed by atoms with Gasteiger partial charge in [0.2, 0.25) is 0 Å². The number of rotatable bonds is 2. The molecular formula is C23H14ClN3. The summed E-state index contributed by atoms with van der Waals surface area (Å²) in [5.74, 6) is 0. The topological polar surface area (TPSA) is 38.7 Å². The molecule has 0 amide bonds. The third-order valence-corrected chi connectivity index (χ3v) is 4.80. The van der Waals surface area contributed by atoms with E-state index in [1.807, 2.05) is 60.7 Å². The van der Waals surface area contributed by atoms with Crippen molar-refractivity contribution >= 4 is 33.5 Å². The number of nitrogens with zero attached hydrogens (tertiary/aromatic N) is 3. The highest BCUT2D eigenvalue weighted by molar-refractivity contribution is 6.31. The van der Waals surface area contributed by atoms with Crippen LogP contribution in [0.15, 0.2) is 85.1 Å². The van der Waals surface area contributed by atoms with Crippen molar-refractivity contribution in [2.75, 3.05) is 0 Å². The molecule has 0 aliphatic rings. The predicted octanol–water partition coefficient (Wildman–Crippen LogP) is 6.17. The summed E-state index contributed by atoms with van der Waals surface area (Å²) in [7, 11) is 0. The first-order valence-corrected chi connectivity index (χ1v) is 9.04. The summed E-state index contributed by atoms with van der Waals surface area (Å²) in [4.78, 5) is 14.1. The summed E-state index contributed by atoms with van der Waals surface area (Å²) in [6.07, 6.45) is 1.78. The molecular weight excluding hydrogens is 354 g/mol. The molecule has 0 atom stereocenters. The van der Waals surface area contributed by atoms with E-state index < -0.39 is 0 Å². The van der Waals surface area contributed by atoms with Gasteiger partial charge in [-0.05, 0) is 47.5 Å². The van der Waals surface area contributed by atoms with Gasteiger partial charge >= 0.3 is 0 Å². The first-order valence-electron chi connectivity index (χ1n) is 8.66. The van der Waals surface area contributed by atoms with E-state index >= 15 is 0 Å². The Kier molecular flexibility index (Phi) is 3.80. The van der Waals surface area contributed by atoms with E-state index in [4.69, 9.17) is 21.6 Å². The summed E-state index contributed by atoms with van der Waals surface area (Å²) in [5.41, 5.74) is 6.34. The zero-order chi connectivity index (χ0) is 18.2. The maximum atomic E-state index is 6.25. The number of aromatic nitrogens is 3. The lowest BCUT2D eigenvalue weighted by atomic mass is 9.99. The van der Waals surface area contributed by atoms with Gasteiger partial charge in [0.15, 0.2) is 0 Å². The van der Waals surface area contributed by atoms with Crippen LogP contribution in [-0.4, -0.2) is 15.0 Å². The smallest absolute Gasteiger partial charge is 0.108 e. The van der Waals surface area contributed by atoms with Crippen molar-refractivity contribution in [1.82, 2.24) is 15.0 Å². The summed E-state index contributed by atoms with van der Waals surface area (Å²) in [6, 6.07) is 25.9. The molecule has 0 radical (unpaired) electrons. The van der Waals surface area contributed by atoms with Gasteiger partial charge in [-0.15, -0.1) is 0 Å². The Hall–Kier alpha value is -3.30. The Morgan fingerprint density at radius 1 is 0.630 bits per heavy atom. The zero-order valence-corrected chi connectivity index (χ0v) is 15.1. The molecule has 0 unspecified atom stereocenters. The van der Waals surface area contributed by atoms with Gasteiger partial charge in [0.1, 0.15) is 5.69 Å². The summed E-state index contributed by atoms with van der Waals surface area (Å²) < 4.78 is 0. The highest BCUT2D eigenvalue weighted by Gasteiger charge is 2.11. The number of pyridine rings is 1. The highest BCUT2D eigenvalue weighted by atomic mass is 35.5. The molecule has 128 valence electrons. The maximum Gasteiger partial charge on any atom is 0.108 e. The minimum Gasteiger partial charge on any atom is -0.252 e. The fourth-order valence-electron chi connectivity index (χ4n) is 3.27. The first-order chi connectivity index (χ1) is 13.3. The van der Waals surface area contributed by atoms with Crippen LogP contribution in [-0.2, 0) is 0 Å². The van der Waals surface area contributed by atoms with Crippen molar-refractivity contribution in [3.8, 4) is 22.5 Å². The van der Waals surface area contributed by atoms with Crippen LogP contribution >= 0.6 is 11.6 Å². The van der Waals surface area contributed by atoms with Gasteiger partial charge in [-0.2, -0.15) is 0 Å². The Labute approximate surface area is 161 Å². The number of para-hydroxylation sites is 2. The standard InChI is InChI=1S/C23H14ClN3/c24-16-10-11-19-18(12-16)17(15-6-2-1-3-7-15)13-22(26-19)23-14-25-20-8-4-5-9-21(20)27-23/h1-14H. The van der Waals surface area contributed by atoms with Crippen LogP contribution in [0.3, 0.4) is 0 Å². The second kappa shape index (κ2) is 6.45. The molecule has 2 heterocycles. The van der Waals surface area contributed by atoms with Crippen LogP contribution in [0.25, 0.3) is 44.5 Å². The number of fused-ring (bicyclic) bond motifs is 2. The number of hydrogen-bond acceptors (Lipinski definition) is 3. The van der Waals surface area contributed by atoms with Crippen LogP contribution in [0, 0.1) is 0 Å². The van der Waals surface area contributed by atoms with Gasteiger partial charge in [-0.3, -0.25) is 4.98 Å². The van der Waals surface area contributed by atoms with E-state index in [9.17, 15) is 0 Å². The van der Waals surface area contributed by atoms with Gasteiger partial charge in [0.05, 0.1) is 28.4 Å². The Bertz CT molecular complexity index is 1280. The fourth-order valence-corrected chi connectivity index (χ4v) is 3.44. The average molecular weight is 368 g/mol. The molecule has 5 aromatic rings. The van der Waals surface area contributed by atoms with Crippen molar-refractivity contribution in [3.63, 3.8) is 0 Å². The minimum atomic E-state index is 0.694. The molecule has 0 fully saturated rings. The van der Waals surface area contributed by atoms with E-state index in [0.717, 1.165) is 44.5 Å². The monoisotopic (exact) mass is 367 g/mol. The second-order valence-corrected chi connectivity index (χ2v) is 6.76. The fraction of sp³-hybridized carbons (Fsp3) is 0. The Morgan fingerprint density at radius 2 is 1.37 bits per heavy atom. The molecule has 27 heavy (non-hydrogen) atoms. The Morgan fingerprint density at radius 3 is 2.22 bits per heavy atom. The lowest BCUT2D eigenvalue weighted by Gasteiger charge is -2.10. The SMILES string of the molecule is Clc1ccc2nc(-c3cnc4ccccc4n3)cc(-c3ccccc3)c2c1. The molecule has 3 nitrogen and oxygen atoms in total. The van der Waals surface area contributed by atoms with Crippen LogP contribution < -0.4 is 0 Å². The molecule has 5 rings (SSSR count). The van der Waals surface area contributed by atoms with Crippen molar-refractivity contribution in [3.05, 3.63) is 90.1 Å². The molecule has 0 spiro atoms. The van der Waals surface area contributed by atoms with Crippen molar-refractivity contribution in [1.29, 1.82) is 0 Å². The third-order valence-electron chi connectivity index (χ3n) is 4.57. The van der Waals surface area contributed by atoms with Crippen molar-refractivity contribution in [2.45, 2.75) is 0 Å². The zero-order valence-electron chi connectivity index (χ0n) is 14.3. The largest absolute Gasteiger partial charge is 0.252 e. The van der Waals surface area contributed by atoms with Crippen molar-refractivity contribution in [2.24, 2.45) is 0 Å². The second-order valence-electron chi connectivity index (χ2n) is 6.33. The van der Waals surface area contributed by atoms with E-state index in [1.54, 1.807) is 6.20 Å². The molecule has 4 heteroatoms. The quantitative estimate of drug-likeness (QED) is 0.374. The molecule has 0 saturated carbocycles. The van der Waals surface area contributed by atoms with Crippen molar-refractivity contribution < 1.29 is 0 Å². The maximum absolute atomic E-state index is 6.25. The van der Waals surface area contributed by atoms with Gasteiger partial charge in [-0.1, -0.05) is 54.1 Å². The Balaban J connectivity index is 1.78. The van der Waals surface area contributed by atoms with E-state index in [0.29, 0.717) is 5.02 Å².